The summed E-state index contributed by atoms with van der Waals surface area (Å²) >= 11 is 0. The minimum Gasteiger partial charge on any atom is -0.463 e. The molecule has 11 nitrogen and oxygen atoms in total. The molecule has 1 amide bonds. The Balaban J connectivity index is 3.26. The van der Waals surface area contributed by atoms with Gasteiger partial charge in [0.2, 0.25) is 5.91 Å². The molecule has 0 radical (unpaired) electrons. The average Bonchev–Trinajstić information content (AvgIpc) is 2.54. The van der Waals surface area contributed by atoms with Crippen LogP contribution < -0.4 is 5.32 Å². The molecule has 1 heterocycles. The lowest BCUT2D eigenvalue weighted by Crippen LogP contribution is -2.66. The Kier molecular flexibility index (Phi) is 9.00. The van der Waals surface area contributed by atoms with Gasteiger partial charge in [0.1, 0.15) is 25.4 Å². The Morgan fingerprint density at radius 2 is 1.43 bits per heavy atom. The van der Waals surface area contributed by atoms with E-state index in [4.69, 9.17) is 23.7 Å². The highest BCUT2D eigenvalue weighted by molar-refractivity contribution is 5.76. The summed E-state index contributed by atoms with van der Waals surface area (Å²) in [5.74, 6) is -2.84. The van der Waals surface area contributed by atoms with E-state index in [0.717, 1.165) is 13.8 Å². The minimum atomic E-state index is -1.23. The van der Waals surface area contributed by atoms with Crippen molar-refractivity contribution in [1.82, 2.24) is 5.32 Å². The van der Waals surface area contributed by atoms with Crippen LogP contribution in [0.5, 0.6) is 0 Å². The van der Waals surface area contributed by atoms with Crippen LogP contribution in [0.1, 0.15) is 34.6 Å². The minimum absolute atomic E-state index is 0.312. The molecule has 28 heavy (non-hydrogen) atoms. The molecule has 1 rings (SSSR count). The van der Waals surface area contributed by atoms with Crippen molar-refractivity contribution in [1.29, 1.82) is 0 Å². The topological polar surface area (TPSA) is 144 Å². The van der Waals surface area contributed by atoms with Gasteiger partial charge in [0.05, 0.1) is 0 Å². The number of amides is 1. The SMILES string of the molecule is CC(=O)COC1OC(COC(C)=O)C(OC(C)=O)C(OC(C)=O)C1NC(C)=O. The summed E-state index contributed by atoms with van der Waals surface area (Å²) in [5.41, 5.74) is 0. The van der Waals surface area contributed by atoms with Gasteiger partial charge in [0, 0.05) is 27.7 Å². The lowest BCUT2D eigenvalue weighted by molar-refractivity contribution is -0.276. The molecule has 0 bridgehead atoms. The van der Waals surface area contributed by atoms with Crippen LogP contribution in [0.25, 0.3) is 0 Å². The van der Waals surface area contributed by atoms with Gasteiger partial charge in [-0.25, -0.2) is 0 Å². The average molecular weight is 403 g/mol. The Bertz CT molecular complexity index is 575. The number of Topliss-reactive ketones (excluding diaryl/α,β-unsaturated/α-hetero) is 1. The van der Waals surface area contributed by atoms with Gasteiger partial charge >= 0.3 is 17.9 Å². The van der Waals surface area contributed by atoms with Gasteiger partial charge in [-0.1, -0.05) is 0 Å². The fraction of sp³-hybridized carbons (Fsp3) is 0.706. The standard InChI is InChI=1S/C17H25NO10/c1-8(19)6-25-17-14(18-9(2)20)16(27-12(5)23)15(26-11(4)22)13(28-17)7-24-10(3)21/h13-17H,6-7H2,1-5H3,(H,18,20). The normalized spacial score (nSPS) is 26.7. The molecule has 158 valence electrons. The summed E-state index contributed by atoms with van der Waals surface area (Å²) in [7, 11) is 0. The number of hydrogen-bond acceptors (Lipinski definition) is 10. The number of rotatable bonds is 8. The van der Waals surface area contributed by atoms with Crippen LogP contribution in [-0.4, -0.2) is 73.5 Å². The zero-order valence-electron chi connectivity index (χ0n) is 16.4. The van der Waals surface area contributed by atoms with Crippen LogP contribution in [0, 0.1) is 0 Å². The summed E-state index contributed by atoms with van der Waals surface area (Å²) < 4.78 is 26.5. The number of hydrogen-bond donors (Lipinski definition) is 1. The quantitative estimate of drug-likeness (QED) is 0.406. The summed E-state index contributed by atoms with van der Waals surface area (Å²) in [5, 5.41) is 2.52. The number of carbonyl (C=O) groups is 5. The maximum absolute atomic E-state index is 11.6. The largest absolute Gasteiger partial charge is 0.463 e. The van der Waals surface area contributed by atoms with Gasteiger partial charge in [-0.3, -0.25) is 24.0 Å². The van der Waals surface area contributed by atoms with Gasteiger partial charge in [0.25, 0.3) is 0 Å². The lowest BCUT2D eigenvalue weighted by atomic mass is 9.96. The van der Waals surface area contributed by atoms with E-state index in [0.29, 0.717) is 0 Å². The number of esters is 3. The smallest absolute Gasteiger partial charge is 0.303 e. The molecule has 0 saturated carbocycles. The van der Waals surface area contributed by atoms with Gasteiger partial charge in [-0.05, 0) is 6.92 Å². The lowest BCUT2D eigenvalue weighted by Gasteiger charge is -2.44. The first kappa shape index (κ1) is 23.5. The van der Waals surface area contributed by atoms with E-state index in [1.807, 2.05) is 0 Å². The van der Waals surface area contributed by atoms with Gasteiger partial charge in [0.15, 0.2) is 24.3 Å². The fourth-order valence-corrected chi connectivity index (χ4v) is 2.63. The van der Waals surface area contributed by atoms with E-state index in [1.54, 1.807) is 0 Å². The van der Waals surface area contributed by atoms with Crippen LogP contribution >= 0.6 is 0 Å². The van der Waals surface area contributed by atoms with Crippen LogP contribution in [0.2, 0.25) is 0 Å². The Morgan fingerprint density at radius 3 is 1.89 bits per heavy atom. The molecule has 0 aromatic carbocycles. The zero-order valence-corrected chi connectivity index (χ0v) is 16.4. The molecular formula is C17H25NO10. The van der Waals surface area contributed by atoms with E-state index < -0.39 is 54.5 Å². The molecule has 1 saturated heterocycles. The third-order valence-corrected chi connectivity index (χ3v) is 3.52. The predicted molar refractivity (Wildman–Crippen MR) is 90.6 cm³/mol. The van der Waals surface area contributed by atoms with Crippen molar-refractivity contribution in [2.45, 2.75) is 65.3 Å². The van der Waals surface area contributed by atoms with Crippen molar-refractivity contribution in [3.63, 3.8) is 0 Å². The van der Waals surface area contributed by atoms with E-state index >= 15 is 0 Å². The third kappa shape index (κ3) is 7.61. The molecule has 0 aliphatic carbocycles. The summed E-state index contributed by atoms with van der Waals surface area (Å²) in [6.07, 6.45) is -4.71. The monoisotopic (exact) mass is 403 g/mol. The molecular weight excluding hydrogens is 378 g/mol. The molecule has 0 aromatic heterocycles. The first-order valence-corrected chi connectivity index (χ1v) is 8.52. The highest BCUT2D eigenvalue weighted by atomic mass is 16.7. The summed E-state index contributed by atoms with van der Waals surface area (Å²) in [4.78, 5) is 57.3. The van der Waals surface area contributed by atoms with E-state index in [-0.39, 0.29) is 19.0 Å². The number of carbonyl (C=O) groups excluding carboxylic acids is 5. The maximum atomic E-state index is 11.6. The van der Waals surface area contributed by atoms with Gasteiger partial charge < -0.3 is 29.0 Å². The second kappa shape index (κ2) is 10.7. The summed E-state index contributed by atoms with van der Waals surface area (Å²) in [6, 6.07) is -1.08. The molecule has 1 aliphatic rings. The Labute approximate surface area is 161 Å². The molecule has 5 unspecified atom stereocenters. The Morgan fingerprint density at radius 1 is 0.857 bits per heavy atom. The molecule has 1 fully saturated rings. The van der Waals surface area contributed by atoms with Crippen LogP contribution in [-0.2, 0) is 47.7 Å². The van der Waals surface area contributed by atoms with Gasteiger partial charge in [-0.2, -0.15) is 0 Å². The maximum Gasteiger partial charge on any atom is 0.303 e. The first-order chi connectivity index (χ1) is 13.0. The number of ether oxygens (including phenoxy) is 5. The fourth-order valence-electron chi connectivity index (χ4n) is 2.63. The summed E-state index contributed by atoms with van der Waals surface area (Å²) in [6.45, 7) is 5.29. The van der Waals surface area contributed by atoms with Crippen molar-refractivity contribution in [2.75, 3.05) is 13.2 Å². The number of ketones is 1. The van der Waals surface area contributed by atoms with E-state index in [9.17, 15) is 24.0 Å². The first-order valence-electron chi connectivity index (χ1n) is 8.52. The second-order valence-corrected chi connectivity index (χ2v) is 6.23. The Hall–Kier alpha value is -2.53. The van der Waals surface area contributed by atoms with Crippen molar-refractivity contribution in [2.24, 2.45) is 0 Å². The third-order valence-electron chi connectivity index (χ3n) is 3.52. The molecule has 0 aromatic rings. The van der Waals surface area contributed by atoms with Crippen LogP contribution in [0.3, 0.4) is 0 Å². The number of nitrogens with one attached hydrogen (secondary N) is 1. The van der Waals surface area contributed by atoms with Crippen molar-refractivity contribution in [3.8, 4) is 0 Å². The van der Waals surface area contributed by atoms with Crippen molar-refractivity contribution in [3.05, 3.63) is 0 Å². The van der Waals surface area contributed by atoms with Crippen LogP contribution in [0.15, 0.2) is 0 Å². The zero-order chi connectivity index (χ0) is 21.4. The highest BCUT2D eigenvalue weighted by Gasteiger charge is 2.51. The predicted octanol–water partition coefficient (Wildman–Crippen LogP) is -0.752. The van der Waals surface area contributed by atoms with Crippen molar-refractivity contribution < 1.29 is 47.7 Å². The molecule has 1 aliphatic heterocycles. The van der Waals surface area contributed by atoms with Gasteiger partial charge in [-0.15, -0.1) is 0 Å². The van der Waals surface area contributed by atoms with E-state index in [2.05, 4.69) is 5.32 Å². The van der Waals surface area contributed by atoms with E-state index in [1.165, 1.54) is 20.8 Å². The molecule has 1 N–H and O–H groups in total. The highest BCUT2D eigenvalue weighted by Crippen LogP contribution is 2.28. The molecule has 11 heteroatoms. The van der Waals surface area contributed by atoms with Crippen LogP contribution in [0.4, 0.5) is 0 Å². The second-order valence-electron chi connectivity index (χ2n) is 6.23. The molecule has 0 spiro atoms. The molecule has 5 atom stereocenters. The van der Waals surface area contributed by atoms with Crippen molar-refractivity contribution >= 4 is 29.6 Å².